The Kier molecular flexibility index (Phi) is 5.16. The molecule has 3 aromatic rings. The van der Waals surface area contributed by atoms with E-state index in [0.29, 0.717) is 24.2 Å². The van der Waals surface area contributed by atoms with Crippen molar-refractivity contribution in [2.24, 2.45) is 0 Å². The predicted molar refractivity (Wildman–Crippen MR) is 120 cm³/mol. The van der Waals surface area contributed by atoms with Gasteiger partial charge in [0.1, 0.15) is 11.4 Å². The molecule has 1 aromatic heterocycles. The van der Waals surface area contributed by atoms with Crippen molar-refractivity contribution in [3.05, 3.63) is 66.2 Å². The van der Waals surface area contributed by atoms with Crippen LogP contribution in [0.2, 0.25) is 0 Å². The number of nitrogens with zero attached hydrogens (tertiary/aromatic N) is 3. The Balaban J connectivity index is 1.56. The SMILES string of the molecule is CN(C)c1ccc2cc(NC(=O)C3(C)CCCN3C(=O)c3ccccc3)ccc2n1. The molecule has 1 N–H and O–H groups in total. The molecule has 1 atom stereocenters. The van der Waals surface area contributed by atoms with E-state index in [1.165, 1.54) is 0 Å². The highest BCUT2D eigenvalue weighted by molar-refractivity contribution is 6.04. The second kappa shape index (κ2) is 7.78. The average Bonchev–Trinajstić information content (AvgIpc) is 3.16. The number of rotatable bonds is 4. The van der Waals surface area contributed by atoms with E-state index in [9.17, 15) is 9.59 Å². The highest BCUT2D eigenvalue weighted by Crippen LogP contribution is 2.32. The molecule has 1 unspecified atom stereocenters. The first-order valence-corrected chi connectivity index (χ1v) is 10.1. The molecule has 2 amide bonds. The smallest absolute Gasteiger partial charge is 0.254 e. The predicted octanol–water partition coefficient (Wildman–Crippen LogP) is 3.93. The van der Waals surface area contributed by atoms with Crippen LogP contribution in [0.15, 0.2) is 60.7 Å². The Hall–Kier alpha value is -3.41. The topological polar surface area (TPSA) is 65.5 Å². The first kappa shape index (κ1) is 19.9. The highest BCUT2D eigenvalue weighted by Gasteiger charge is 2.45. The Morgan fingerprint density at radius 1 is 1.07 bits per heavy atom. The van der Waals surface area contributed by atoms with E-state index in [1.54, 1.807) is 17.0 Å². The molecule has 0 aliphatic carbocycles. The van der Waals surface area contributed by atoms with Crippen LogP contribution >= 0.6 is 0 Å². The van der Waals surface area contributed by atoms with Gasteiger partial charge in [0.15, 0.2) is 0 Å². The third-order valence-electron chi connectivity index (χ3n) is 5.79. The van der Waals surface area contributed by atoms with Gasteiger partial charge < -0.3 is 15.1 Å². The van der Waals surface area contributed by atoms with E-state index in [1.807, 2.05) is 74.4 Å². The lowest BCUT2D eigenvalue weighted by Gasteiger charge is -2.34. The minimum Gasteiger partial charge on any atom is -0.363 e. The van der Waals surface area contributed by atoms with Crippen molar-refractivity contribution in [1.29, 1.82) is 0 Å². The van der Waals surface area contributed by atoms with E-state index < -0.39 is 5.54 Å². The van der Waals surface area contributed by atoms with Crippen molar-refractivity contribution in [1.82, 2.24) is 9.88 Å². The number of benzene rings is 2. The van der Waals surface area contributed by atoms with E-state index in [4.69, 9.17) is 0 Å². The van der Waals surface area contributed by atoms with Crippen molar-refractivity contribution in [2.45, 2.75) is 25.3 Å². The maximum atomic E-state index is 13.2. The van der Waals surface area contributed by atoms with E-state index >= 15 is 0 Å². The van der Waals surface area contributed by atoms with Crippen LogP contribution in [0, 0.1) is 0 Å². The number of amides is 2. The number of hydrogen-bond acceptors (Lipinski definition) is 4. The molecule has 1 saturated heterocycles. The number of hydrogen-bond donors (Lipinski definition) is 1. The van der Waals surface area contributed by atoms with Gasteiger partial charge in [-0.15, -0.1) is 0 Å². The van der Waals surface area contributed by atoms with Gasteiger partial charge in [0.05, 0.1) is 5.52 Å². The average molecular weight is 402 g/mol. The third-order valence-corrected chi connectivity index (χ3v) is 5.79. The molecule has 6 nitrogen and oxygen atoms in total. The maximum Gasteiger partial charge on any atom is 0.254 e. The van der Waals surface area contributed by atoms with Crippen LogP contribution in [0.1, 0.15) is 30.1 Å². The van der Waals surface area contributed by atoms with Gasteiger partial charge in [0, 0.05) is 37.3 Å². The Bertz CT molecular complexity index is 1100. The quantitative estimate of drug-likeness (QED) is 0.718. The summed E-state index contributed by atoms with van der Waals surface area (Å²) in [5.74, 6) is 0.610. The van der Waals surface area contributed by atoms with Crippen LogP contribution in [0.25, 0.3) is 10.9 Å². The molecule has 1 fully saturated rings. The summed E-state index contributed by atoms with van der Waals surface area (Å²) in [6.45, 7) is 2.43. The lowest BCUT2D eigenvalue weighted by molar-refractivity contribution is -0.124. The molecule has 1 aliphatic heterocycles. The summed E-state index contributed by atoms with van der Waals surface area (Å²) in [4.78, 5) is 34.5. The summed E-state index contributed by atoms with van der Waals surface area (Å²) < 4.78 is 0. The molecule has 2 heterocycles. The molecule has 1 aliphatic rings. The number of aromatic nitrogens is 1. The zero-order valence-electron chi connectivity index (χ0n) is 17.6. The van der Waals surface area contributed by atoms with Crippen LogP contribution in [0.3, 0.4) is 0 Å². The molecular formula is C24H26N4O2. The lowest BCUT2D eigenvalue weighted by atomic mass is 9.96. The minimum absolute atomic E-state index is 0.107. The van der Waals surface area contributed by atoms with Crippen molar-refractivity contribution >= 4 is 34.2 Å². The molecule has 4 rings (SSSR count). The fourth-order valence-electron chi connectivity index (χ4n) is 3.97. The first-order valence-electron chi connectivity index (χ1n) is 10.1. The molecular weight excluding hydrogens is 376 g/mol. The van der Waals surface area contributed by atoms with E-state index in [-0.39, 0.29) is 11.8 Å². The number of nitrogens with one attached hydrogen (secondary N) is 1. The number of anilines is 2. The Morgan fingerprint density at radius 3 is 2.57 bits per heavy atom. The second-order valence-corrected chi connectivity index (χ2v) is 8.13. The Labute approximate surface area is 176 Å². The van der Waals surface area contributed by atoms with Gasteiger partial charge in [0.2, 0.25) is 5.91 Å². The second-order valence-electron chi connectivity index (χ2n) is 8.13. The summed E-state index contributed by atoms with van der Waals surface area (Å²) in [5.41, 5.74) is 1.29. The molecule has 30 heavy (non-hydrogen) atoms. The van der Waals surface area contributed by atoms with Crippen molar-refractivity contribution in [3.63, 3.8) is 0 Å². The van der Waals surface area contributed by atoms with Gasteiger partial charge in [-0.25, -0.2) is 4.98 Å². The first-order chi connectivity index (χ1) is 14.4. The molecule has 0 radical (unpaired) electrons. The number of carbonyl (C=O) groups is 2. The van der Waals surface area contributed by atoms with Crippen LogP contribution in [0.5, 0.6) is 0 Å². The van der Waals surface area contributed by atoms with Crippen LogP contribution < -0.4 is 10.2 Å². The zero-order valence-corrected chi connectivity index (χ0v) is 17.6. The monoisotopic (exact) mass is 402 g/mol. The van der Waals surface area contributed by atoms with Crippen LogP contribution in [-0.4, -0.2) is 47.9 Å². The minimum atomic E-state index is -0.880. The zero-order chi connectivity index (χ0) is 21.3. The van der Waals surface area contributed by atoms with Crippen LogP contribution in [0.4, 0.5) is 11.5 Å². The fourth-order valence-corrected chi connectivity index (χ4v) is 3.97. The normalized spacial score (nSPS) is 18.4. The fraction of sp³-hybridized carbons (Fsp3) is 0.292. The lowest BCUT2D eigenvalue weighted by Crippen LogP contribution is -2.53. The summed E-state index contributed by atoms with van der Waals surface area (Å²) >= 11 is 0. The van der Waals surface area contributed by atoms with Gasteiger partial charge in [-0.2, -0.15) is 0 Å². The maximum absolute atomic E-state index is 13.2. The number of carbonyl (C=O) groups excluding carboxylic acids is 2. The van der Waals surface area contributed by atoms with Crippen molar-refractivity contribution < 1.29 is 9.59 Å². The van der Waals surface area contributed by atoms with Gasteiger partial charge >= 0.3 is 0 Å². The van der Waals surface area contributed by atoms with Gasteiger partial charge in [-0.05, 0) is 62.2 Å². The van der Waals surface area contributed by atoms with Crippen molar-refractivity contribution in [3.8, 4) is 0 Å². The molecule has 154 valence electrons. The number of fused-ring (bicyclic) bond motifs is 1. The van der Waals surface area contributed by atoms with E-state index in [0.717, 1.165) is 23.1 Å². The highest BCUT2D eigenvalue weighted by atomic mass is 16.2. The third kappa shape index (κ3) is 3.61. The van der Waals surface area contributed by atoms with Crippen LogP contribution in [-0.2, 0) is 4.79 Å². The molecule has 0 saturated carbocycles. The summed E-state index contributed by atoms with van der Waals surface area (Å²) in [7, 11) is 3.90. The van der Waals surface area contributed by atoms with Crippen molar-refractivity contribution in [2.75, 3.05) is 30.9 Å². The molecule has 0 spiro atoms. The molecule has 6 heteroatoms. The van der Waals surface area contributed by atoms with Gasteiger partial charge in [-0.1, -0.05) is 18.2 Å². The molecule has 2 aromatic carbocycles. The largest absolute Gasteiger partial charge is 0.363 e. The van der Waals surface area contributed by atoms with Gasteiger partial charge in [-0.3, -0.25) is 9.59 Å². The van der Waals surface area contributed by atoms with E-state index in [2.05, 4.69) is 10.3 Å². The van der Waals surface area contributed by atoms with Gasteiger partial charge in [0.25, 0.3) is 5.91 Å². The Morgan fingerprint density at radius 2 is 1.83 bits per heavy atom. The number of likely N-dealkylation sites (tertiary alicyclic amines) is 1. The summed E-state index contributed by atoms with van der Waals surface area (Å²) in [6.07, 6.45) is 1.44. The number of pyridine rings is 1. The summed E-state index contributed by atoms with van der Waals surface area (Å²) in [5, 5.41) is 3.97. The summed E-state index contributed by atoms with van der Waals surface area (Å²) in [6, 6.07) is 18.8. The molecule has 0 bridgehead atoms. The standard InChI is InChI=1S/C24H26N4O2/c1-24(14-7-15-28(24)22(29)17-8-5-4-6-9-17)23(30)25-19-11-12-20-18(16-19)10-13-21(26-20)27(2)3/h4-6,8-13,16H,7,14-15H2,1-3H3,(H,25,30).